The Balaban J connectivity index is 1.54. The maximum atomic E-state index is 12.8. The fraction of sp³-hybridized carbons (Fsp3) is 0.857. The Kier molecular flexibility index (Phi) is 4.19. The zero-order valence-corrected chi connectivity index (χ0v) is 11.8. The highest BCUT2D eigenvalue weighted by molar-refractivity contribution is 4.96. The van der Waals surface area contributed by atoms with E-state index < -0.39 is 12.1 Å². The van der Waals surface area contributed by atoms with Crippen molar-refractivity contribution in [3.8, 4) is 0 Å². The van der Waals surface area contributed by atoms with E-state index in [4.69, 9.17) is 4.42 Å². The molecule has 0 saturated heterocycles. The van der Waals surface area contributed by atoms with Crippen LogP contribution in [0.1, 0.15) is 56.2 Å². The summed E-state index contributed by atoms with van der Waals surface area (Å²) in [5, 5.41) is 11.3. The fourth-order valence-corrected chi connectivity index (χ4v) is 2.91. The standard InChI is InChI=1S/C14H20F3N3O/c15-14(16,17)10-3-1-2-9(8-10)13-20-19-12(21-13)6-7-18-11-4-5-11/h9-11,18H,1-8H2. The van der Waals surface area contributed by atoms with Crippen LogP contribution in [0.4, 0.5) is 13.2 Å². The largest absolute Gasteiger partial charge is 0.425 e. The monoisotopic (exact) mass is 303 g/mol. The Morgan fingerprint density at radius 3 is 2.67 bits per heavy atom. The van der Waals surface area contributed by atoms with Crippen molar-refractivity contribution in [1.29, 1.82) is 0 Å². The van der Waals surface area contributed by atoms with Crippen LogP contribution < -0.4 is 5.32 Å². The minimum Gasteiger partial charge on any atom is -0.425 e. The van der Waals surface area contributed by atoms with Crippen LogP contribution in [0.5, 0.6) is 0 Å². The summed E-state index contributed by atoms with van der Waals surface area (Å²) in [6, 6.07) is 0.623. The van der Waals surface area contributed by atoms with Crippen molar-refractivity contribution in [3.05, 3.63) is 11.8 Å². The Morgan fingerprint density at radius 2 is 1.95 bits per heavy atom. The molecule has 4 nitrogen and oxygen atoms in total. The smallest absolute Gasteiger partial charge is 0.391 e. The van der Waals surface area contributed by atoms with Crippen molar-refractivity contribution in [2.24, 2.45) is 5.92 Å². The number of nitrogens with zero attached hydrogens (tertiary/aromatic N) is 2. The summed E-state index contributed by atoms with van der Waals surface area (Å²) < 4.78 is 44.0. The second-order valence-corrected chi connectivity index (χ2v) is 6.11. The Hall–Kier alpha value is -1.11. The summed E-state index contributed by atoms with van der Waals surface area (Å²) in [5.74, 6) is -0.580. The lowest BCUT2D eigenvalue weighted by Gasteiger charge is -2.28. The van der Waals surface area contributed by atoms with Gasteiger partial charge in [-0.05, 0) is 32.1 Å². The van der Waals surface area contributed by atoms with Gasteiger partial charge in [0.15, 0.2) is 0 Å². The molecule has 2 atom stereocenters. The fourth-order valence-electron chi connectivity index (χ4n) is 2.91. The van der Waals surface area contributed by atoms with Gasteiger partial charge in [0.2, 0.25) is 11.8 Å². The molecule has 7 heteroatoms. The van der Waals surface area contributed by atoms with Gasteiger partial charge < -0.3 is 9.73 Å². The van der Waals surface area contributed by atoms with E-state index in [1.807, 2.05) is 0 Å². The molecular weight excluding hydrogens is 283 g/mol. The third kappa shape index (κ3) is 3.96. The second kappa shape index (κ2) is 5.94. The van der Waals surface area contributed by atoms with Gasteiger partial charge in [0, 0.05) is 24.9 Å². The van der Waals surface area contributed by atoms with Gasteiger partial charge in [-0.25, -0.2) is 0 Å². The number of nitrogens with one attached hydrogen (secondary N) is 1. The topological polar surface area (TPSA) is 51.0 Å². The lowest BCUT2D eigenvalue weighted by Crippen LogP contribution is -2.28. The van der Waals surface area contributed by atoms with Gasteiger partial charge in [-0.1, -0.05) is 6.42 Å². The molecule has 1 aromatic heterocycles. The molecule has 1 aromatic rings. The first-order valence-electron chi connectivity index (χ1n) is 7.65. The quantitative estimate of drug-likeness (QED) is 0.907. The van der Waals surface area contributed by atoms with Crippen LogP contribution in [-0.4, -0.2) is 29.0 Å². The van der Waals surface area contributed by atoms with Crippen LogP contribution in [0.3, 0.4) is 0 Å². The second-order valence-electron chi connectivity index (χ2n) is 6.11. The molecule has 0 radical (unpaired) electrons. The van der Waals surface area contributed by atoms with Crippen molar-refractivity contribution in [2.45, 2.75) is 63.1 Å². The van der Waals surface area contributed by atoms with Crippen LogP contribution in [0, 0.1) is 5.92 Å². The maximum absolute atomic E-state index is 12.8. The molecule has 3 rings (SSSR count). The zero-order chi connectivity index (χ0) is 14.9. The van der Waals surface area contributed by atoms with Gasteiger partial charge in [0.05, 0.1) is 5.92 Å². The zero-order valence-electron chi connectivity index (χ0n) is 11.8. The molecule has 0 bridgehead atoms. The van der Waals surface area contributed by atoms with E-state index in [0.717, 1.165) is 6.54 Å². The first-order chi connectivity index (χ1) is 10.0. The van der Waals surface area contributed by atoms with Crippen LogP contribution in [0.15, 0.2) is 4.42 Å². The molecule has 2 saturated carbocycles. The number of halogens is 3. The summed E-state index contributed by atoms with van der Waals surface area (Å²) in [6.07, 6.45) is 0.517. The minimum atomic E-state index is -4.12. The highest BCUT2D eigenvalue weighted by Crippen LogP contribution is 2.43. The molecule has 0 amide bonds. The van der Waals surface area contributed by atoms with Crippen molar-refractivity contribution in [3.63, 3.8) is 0 Å². The van der Waals surface area contributed by atoms with E-state index in [1.165, 1.54) is 12.8 Å². The number of rotatable bonds is 5. The average Bonchev–Trinajstić information content (AvgIpc) is 3.14. The third-order valence-corrected chi connectivity index (χ3v) is 4.32. The van der Waals surface area contributed by atoms with Gasteiger partial charge >= 0.3 is 6.18 Å². The molecule has 21 heavy (non-hydrogen) atoms. The molecule has 2 aliphatic carbocycles. The van der Waals surface area contributed by atoms with Crippen LogP contribution in [-0.2, 0) is 6.42 Å². The molecule has 2 unspecified atom stereocenters. The Labute approximate surface area is 121 Å². The molecule has 0 spiro atoms. The summed E-state index contributed by atoms with van der Waals surface area (Å²) in [5.41, 5.74) is 0. The van der Waals surface area contributed by atoms with Crippen LogP contribution in [0.2, 0.25) is 0 Å². The highest BCUT2D eigenvalue weighted by Gasteiger charge is 2.43. The molecule has 1 N–H and O–H groups in total. The molecule has 118 valence electrons. The molecule has 1 heterocycles. The number of hydrogen-bond donors (Lipinski definition) is 1. The number of aromatic nitrogens is 2. The first-order valence-corrected chi connectivity index (χ1v) is 7.65. The van der Waals surface area contributed by atoms with Gasteiger partial charge in [-0.2, -0.15) is 13.2 Å². The van der Waals surface area contributed by atoms with Crippen LogP contribution in [0.25, 0.3) is 0 Å². The van der Waals surface area contributed by atoms with Crippen molar-refractivity contribution in [1.82, 2.24) is 15.5 Å². The lowest BCUT2D eigenvalue weighted by atomic mass is 9.81. The maximum Gasteiger partial charge on any atom is 0.391 e. The van der Waals surface area contributed by atoms with Crippen molar-refractivity contribution in [2.75, 3.05) is 6.54 Å². The molecular formula is C14H20F3N3O. The van der Waals surface area contributed by atoms with Crippen molar-refractivity contribution < 1.29 is 17.6 Å². The van der Waals surface area contributed by atoms with E-state index in [1.54, 1.807) is 0 Å². The molecule has 0 aromatic carbocycles. The summed E-state index contributed by atoms with van der Waals surface area (Å²) in [7, 11) is 0. The van der Waals surface area contributed by atoms with E-state index in [0.29, 0.717) is 37.1 Å². The number of hydrogen-bond acceptors (Lipinski definition) is 4. The van der Waals surface area contributed by atoms with Gasteiger partial charge in [-0.15, -0.1) is 10.2 Å². The summed E-state index contributed by atoms with van der Waals surface area (Å²) >= 11 is 0. The van der Waals surface area contributed by atoms with E-state index in [-0.39, 0.29) is 18.8 Å². The lowest BCUT2D eigenvalue weighted by molar-refractivity contribution is -0.183. The average molecular weight is 303 g/mol. The molecule has 2 aliphatic rings. The summed E-state index contributed by atoms with van der Waals surface area (Å²) in [4.78, 5) is 0. The van der Waals surface area contributed by atoms with Gasteiger partial charge in [0.25, 0.3) is 0 Å². The first kappa shape index (κ1) is 14.8. The highest BCUT2D eigenvalue weighted by atomic mass is 19.4. The minimum absolute atomic E-state index is 0.0749. The Bertz CT molecular complexity index is 470. The third-order valence-electron chi connectivity index (χ3n) is 4.32. The van der Waals surface area contributed by atoms with Gasteiger partial charge in [-0.3, -0.25) is 0 Å². The van der Waals surface area contributed by atoms with Crippen molar-refractivity contribution >= 4 is 0 Å². The van der Waals surface area contributed by atoms with Gasteiger partial charge in [0.1, 0.15) is 0 Å². The SMILES string of the molecule is FC(F)(F)C1CCCC(c2nnc(CCNC3CC3)o2)C1. The molecule has 2 fully saturated rings. The summed E-state index contributed by atoms with van der Waals surface area (Å²) in [6.45, 7) is 0.780. The van der Waals surface area contributed by atoms with Crippen LogP contribution >= 0.6 is 0 Å². The van der Waals surface area contributed by atoms with E-state index in [2.05, 4.69) is 15.5 Å². The van der Waals surface area contributed by atoms with E-state index >= 15 is 0 Å². The molecule has 0 aliphatic heterocycles. The Morgan fingerprint density at radius 1 is 1.14 bits per heavy atom. The number of alkyl halides is 3. The predicted octanol–water partition coefficient (Wildman–Crippen LogP) is 3.20. The predicted molar refractivity (Wildman–Crippen MR) is 69.8 cm³/mol. The van der Waals surface area contributed by atoms with E-state index in [9.17, 15) is 13.2 Å². The normalized spacial score (nSPS) is 27.0.